The van der Waals surface area contributed by atoms with Crippen LogP contribution in [-0.4, -0.2) is 33.4 Å². The van der Waals surface area contributed by atoms with Crippen LogP contribution in [0.1, 0.15) is 41.4 Å². The minimum absolute atomic E-state index is 0.0168. The maximum Gasteiger partial charge on any atom is 0.268 e. The molecule has 2 N–H and O–H groups in total. The van der Waals surface area contributed by atoms with E-state index in [2.05, 4.69) is 20.5 Å². The van der Waals surface area contributed by atoms with Crippen LogP contribution in [0.5, 0.6) is 0 Å². The number of aliphatic imine (C=N–C) groups is 1. The normalized spacial score (nSPS) is 22.6. The Kier molecular flexibility index (Phi) is 4.12. The summed E-state index contributed by atoms with van der Waals surface area (Å²) in [5.74, 6) is -0.566. The lowest BCUT2D eigenvalue weighted by molar-refractivity contribution is -0.127. The maximum absolute atomic E-state index is 14.3. The van der Waals surface area contributed by atoms with E-state index in [-0.39, 0.29) is 18.9 Å². The van der Waals surface area contributed by atoms with Crippen molar-refractivity contribution >= 4 is 17.4 Å². The van der Waals surface area contributed by atoms with Crippen LogP contribution in [-0.2, 0) is 11.2 Å². The van der Waals surface area contributed by atoms with Gasteiger partial charge in [0.1, 0.15) is 30.1 Å². The zero-order chi connectivity index (χ0) is 21.0. The first-order valence-corrected chi connectivity index (χ1v) is 9.48. The van der Waals surface area contributed by atoms with E-state index in [1.54, 1.807) is 19.1 Å². The number of rotatable bonds is 2. The van der Waals surface area contributed by atoms with E-state index in [9.17, 15) is 18.4 Å². The summed E-state index contributed by atoms with van der Waals surface area (Å²) < 4.78 is 27.9. The van der Waals surface area contributed by atoms with E-state index in [1.807, 2.05) is 0 Å². The van der Waals surface area contributed by atoms with Crippen molar-refractivity contribution in [1.29, 1.82) is 0 Å². The van der Waals surface area contributed by atoms with Crippen molar-refractivity contribution in [1.82, 2.24) is 20.4 Å². The van der Waals surface area contributed by atoms with Gasteiger partial charge in [0.2, 0.25) is 5.91 Å². The first-order chi connectivity index (χ1) is 14.4. The zero-order valence-electron chi connectivity index (χ0n) is 15.9. The summed E-state index contributed by atoms with van der Waals surface area (Å²) in [6.45, 7) is 1.74. The Bertz CT molecular complexity index is 1210. The molecule has 1 aliphatic carbocycles. The third kappa shape index (κ3) is 2.77. The number of H-pyrrole nitrogens is 1. The summed E-state index contributed by atoms with van der Waals surface area (Å²) >= 11 is 0. The first kappa shape index (κ1) is 18.4. The summed E-state index contributed by atoms with van der Waals surface area (Å²) in [6, 6.07) is 4.64. The predicted molar refractivity (Wildman–Crippen MR) is 106 cm³/mol. The van der Waals surface area contributed by atoms with Gasteiger partial charge in [0, 0.05) is 16.8 Å². The molecular formula is C21H17F2N5O2. The van der Waals surface area contributed by atoms with Crippen LogP contribution >= 0.6 is 0 Å². The second-order valence-corrected chi connectivity index (χ2v) is 7.39. The molecule has 2 aromatic rings. The smallest absolute Gasteiger partial charge is 0.268 e. The second kappa shape index (κ2) is 6.72. The standard InChI is InChI=1S/C21H17F2N5O2/c1-10-24-9-16(29)28(10)20-18(11-2-4-12(22)5-3-11)25-15-8-13(23)6-7-14-17(15)19(20)26-27-21(14)30/h2-6,8,18,20,25H,7,9H2,1H3,(H,27,30). The minimum Gasteiger partial charge on any atom is -0.375 e. The zero-order valence-corrected chi connectivity index (χ0v) is 15.9. The highest BCUT2D eigenvalue weighted by Crippen LogP contribution is 2.44. The SMILES string of the molecule is CC1=NCC(=O)N1C1c2n[nH]c(=O)c3c2C(=CC(F)=CC3)NC1c1ccc(F)cc1. The molecule has 0 radical (unpaired) electrons. The van der Waals surface area contributed by atoms with Gasteiger partial charge in [-0.3, -0.25) is 19.5 Å². The van der Waals surface area contributed by atoms with E-state index in [1.165, 1.54) is 29.2 Å². The average Bonchev–Trinajstić information content (AvgIpc) is 2.95. The fourth-order valence-electron chi connectivity index (χ4n) is 4.28. The number of amidine groups is 1. The molecule has 2 aliphatic heterocycles. The lowest BCUT2D eigenvalue weighted by Gasteiger charge is -2.40. The van der Waals surface area contributed by atoms with Crippen molar-refractivity contribution < 1.29 is 13.6 Å². The summed E-state index contributed by atoms with van der Waals surface area (Å²) in [5.41, 5.74) is 1.97. The highest BCUT2D eigenvalue weighted by Gasteiger charge is 2.44. The Balaban J connectivity index is 1.77. The summed E-state index contributed by atoms with van der Waals surface area (Å²) in [5, 5.41) is 10.0. The number of benzene rings is 1. The molecule has 1 aromatic heterocycles. The van der Waals surface area contributed by atoms with Crippen molar-refractivity contribution in [3.8, 4) is 0 Å². The molecule has 0 spiro atoms. The van der Waals surface area contributed by atoms with Crippen molar-refractivity contribution in [2.75, 3.05) is 6.54 Å². The minimum atomic E-state index is -0.655. The molecule has 0 bridgehead atoms. The predicted octanol–water partition coefficient (Wildman–Crippen LogP) is 2.31. The van der Waals surface area contributed by atoms with Gasteiger partial charge >= 0.3 is 0 Å². The molecule has 2 unspecified atom stereocenters. The summed E-state index contributed by atoms with van der Waals surface area (Å²) in [6.07, 6.45) is 2.74. The van der Waals surface area contributed by atoms with E-state index < -0.39 is 29.3 Å². The van der Waals surface area contributed by atoms with Gasteiger partial charge in [0.05, 0.1) is 11.7 Å². The molecule has 2 atom stereocenters. The number of amides is 1. The van der Waals surface area contributed by atoms with Crippen LogP contribution in [0, 0.1) is 5.82 Å². The molecule has 3 heterocycles. The lowest BCUT2D eigenvalue weighted by Crippen LogP contribution is -2.46. The van der Waals surface area contributed by atoms with Crippen molar-refractivity contribution in [3.05, 3.63) is 80.8 Å². The van der Waals surface area contributed by atoms with Crippen LogP contribution in [0.4, 0.5) is 8.78 Å². The number of allylic oxidation sites excluding steroid dienone is 3. The van der Waals surface area contributed by atoms with E-state index in [4.69, 9.17) is 0 Å². The molecule has 3 aliphatic rings. The van der Waals surface area contributed by atoms with Gasteiger partial charge in [0.15, 0.2) is 0 Å². The van der Waals surface area contributed by atoms with Gasteiger partial charge < -0.3 is 5.32 Å². The average molecular weight is 409 g/mol. The molecule has 0 saturated heterocycles. The number of carbonyl (C=O) groups is 1. The van der Waals surface area contributed by atoms with Crippen LogP contribution in [0.15, 0.2) is 52.0 Å². The molecule has 30 heavy (non-hydrogen) atoms. The van der Waals surface area contributed by atoms with Gasteiger partial charge in [-0.15, -0.1) is 0 Å². The number of aromatic nitrogens is 2. The van der Waals surface area contributed by atoms with Crippen molar-refractivity contribution in [3.63, 3.8) is 0 Å². The Hall–Kier alpha value is -3.62. The third-order valence-corrected chi connectivity index (χ3v) is 5.64. The van der Waals surface area contributed by atoms with Crippen LogP contribution in [0.3, 0.4) is 0 Å². The van der Waals surface area contributed by atoms with Crippen LogP contribution in [0.2, 0.25) is 0 Å². The molecule has 7 nitrogen and oxygen atoms in total. The first-order valence-electron chi connectivity index (χ1n) is 9.48. The Morgan fingerprint density at radius 3 is 2.63 bits per heavy atom. The molecular weight excluding hydrogens is 392 g/mol. The molecule has 9 heteroatoms. The lowest BCUT2D eigenvalue weighted by atomic mass is 9.86. The number of carbonyl (C=O) groups excluding carboxylic acids is 1. The Morgan fingerprint density at radius 1 is 1.17 bits per heavy atom. The monoisotopic (exact) mass is 409 g/mol. The molecule has 0 fully saturated rings. The highest BCUT2D eigenvalue weighted by atomic mass is 19.1. The molecule has 1 aromatic carbocycles. The van der Waals surface area contributed by atoms with E-state index in [0.29, 0.717) is 33.9 Å². The molecule has 152 valence electrons. The number of halogens is 2. The highest BCUT2D eigenvalue weighted by molar-refractivity contribution is 6.03. The van der Waals surface area contributed by atoms with Gasteiger partial charge in [0.25, 0.3) is 5.56 Å². The molecule has 5 rings (SSSR count). The molecule has 1 amide bonds. The van der Waals surface area contributed by atoms with Gasteiger partial charge in [-0.05, 0) is 43.2 Å². The summed E-state index contributed by atoms with van der Waals surface area (Å²) in [4.78, 5) is 30.9. The van der Waals surface area contributed by atoms with Gasteiger partial charge in [-0.1, -0.05) is 12.1 Å². The third-order valence-electron chi connectivity index (χ3n) is 5.64. The largest absolute Gasteiger partial charge is 0.375 e. The van der Waals surface area contributed by atoms with Crippen LogP contribution in [0.25, 0.3) is 5.70 Å². The number of hydrogen-bond donors (Lipinski definition) is 2. The fraction of sp³-hybridized carbons (Fsp3) is 0.238. The van der Waals surface area contributed by atoms with E-state index >= 15 is 0 Å². The fourth-order valence-corrected chi connectivity index (χ4v) is 4.28. The van der Waals surface area contributed by atoms with E-state index in [0.717, 1.165) is 0 Å². The maximum atomic E-state index is 14.3. The number of aromatic amines is 1. The number of nitrogens with zero attached hydrogens (tertiary/aromatic N) is 3. The second-order valence-electron chi connectivity index (χ2n) is 7.39. The topological polar surface area (TPSA) is 90.5 Å². The Morgan fingerprint density at radius 2 is 1.93 bits per heavy atom. The van der Waals surface area contributed by atoms with Crippen molar-refractivity contribution in [2.45, 2.75) is 25.4 Å². The Labute approximate surface area is 169 Å². The van der Waals surface area contributed by atoms with Gasteiger partial charge in [-0.2, -0.15) is 5.10 Å². The summed E-state index contributed by atoms with van der Waals surface area (Å²) in [7, 11) is 0. The van der Waals surface area contributed by atoms with Crippen LogP contribution < -0.4 is 10.9 Å². The number of hydrogen-bond acceptors (Lipinski definition) is 5. The van der Waals surface area contributed by atoms with Gasteiger partial charge in [-0.25, -0.2) is 13.9 Å². The molecule has 0 saturated carbocycles. The van der Waals surface area contributed by atoms with Crippen molar-refractivity contribution in [2.24, 2.45) is 4.99 Å². The quantitative estimate of drug-likeness (QED) is 0.797. The number of nitrogens with one attached hydrogen (secondary N) is 2.